The Morgan fingerprint density at radius 1 is 1.30 bits per heavy atom. The second-order valence-corrected chi connectivity index (χ2v) is 4.85. The molecule has 110 valence electrons. The molecule has 0 aliphatic heterocycles. The highest BCUT2D eigenvalue weighted by molar-refractivity contribution is 6.03. The van der Waals surface area contributed by atoms with Crippen LogP contribution in [0.1, 0.15) is 25.0 Å². The normalized spacial score (nSPS) is 10.1. The second-order valence-electron chi connectivity index (χ2n) is 4.85. The molecule has 20 heavy (non-hydrogen) atoms. The van der Waals surface area contributed by atoms with E-state index in [1.807, 2.05) is 32.0 Å². The largest absolute Gasteiger partial charge is 0.349 e. The van der Waals surface area contributed by atoms with E-state index in [0.29, 0.717) is 6.54 Å². The van der Waals surface area contributed by atoms with Crippen molar-refractivity contribution in [1.29, 1.82) is 5.41 Å². The van der Waals surface area contributed by atoms with E-state index < -0.39 is 0 Å². The predicted octanol–water partition coefficient (Wildman–Crippen LogP) is 2.59. The summed E-state index contributed by atoms with van der Waals surface area (Å²) >= 11 is 0. The Morgan fingerprint density at radius 3 is 2.45 bits per heavy atom. The third-order valence-corrected chi connectivity index (χ3v) is 3.21. The first kappa shape index (κ1) is 16.0. The van der Waals surface area contributed by atoms with Gasteiger partial charge in [0.2, 0.25) is 0 Å². The molecular formula is C15H24N4O. The van der Waals surface area contributed by atoms with Crippen LogP contribution in [0.3, 0.4) is 0 Å². The number of anilines is 1. The summed E-state index contributed by atoms with van der Waals surface area (Å²) in [6.07, 6.45) is 0.867. The quantitative estimate of drug-likeness (QED) is 0.658. The van der Waals surface area contributed by atoms with Gasteiger partial charge in [-0.05, 0) is 31.4 Å². The number of hydrogen-bond acceptors (Lipinski definition) is 2. The molecule has 2 amide bonds. The summed E-state index contributed by atoms with van der Waals surface area (Å²) in [4.78, 5) is 15.6. The van der Waals surface area contributed by atoms with Gasteiger partial charge >= 0.3 is 6.03 Å². The van der Waals surface area contributed by atoms with Crippen molar-refractivity contribution in [2.45, 2.75) is 27.2 Å². The van der Waals surface area contributed by atoms with Gasteiger partial charge in [-0.15, -0.1) is 0 Å². The molecule has 0 aromatic heterocycles. The molecule has 1 aromatic rings. The lowest BCUT2D eigenvalue weighted by atomic mass is 10.0. The second kappa shape index (κ2) is 6.93. The minimum atomic E-state index is -0.268. The number of benzene rings is 1. The van der Waals surface area contributed by atoms with Gasteiger partial charge in [0.25, 0.3) is 0 Å². The molecule has 0 radical (unpaired) electrons. The van der Waals surface area contributed by atoms with Crippen molar-refractivity contribution in [2.75, 3.05) is 25.5 Å². The van der Waals surface area contributed by atoms with Gasteiger partial charge in [-0.3, -0.25) is 15.6 Å². The first-order valence-electron chi connectivity index (χ1n) is 6.85. The zero-order valence-corrected chi connectivity index (χ0v) is 12.9. The van der Waals surface area contributed by atoms with E-state index >= 15 is 0 Å². The van der Waals surface area contributed by atoms with Crippen LogP contribution < -0.4 is 10.2 Å². The molecule has 0 bridgehead atoms. The molecular weight excluding hydrogens is 252 g/mol. The fourth-order valence-electron chi connectivity index (χ4n) is 2.08. The van der Waals surface area contributed by atoms with E-state index in [4.69, 9.17) is 5.41 Å². The maximum absolute atomic E-state index is 12.4. The number of amides is 2. The number of aryl methyl sites for hydroxylation is 2. The molecule has 0 spiro atoms. The molecule has 1 aromatic carbocycles. The Kier molecular flexibility index (Phi) is 5.55. The number of carbonyl (C=O) groups is 1. The van der Waals surface area contributed by atoms with Crippen LogP contribution in [0.5, 0.6) is 0 Å². The summed E-state index contributed by atoms with van der Waals surface area (Å²) < 4.78 is 0. The fourth-order valence-corrected chi connectivity index (χ4v) is 2.08. The van der Waals surface area contributed by atoms with Crippen molar-refractivity contribution < 1.29 is 4.79 Å². The van der Waals surface area contributed by atoms with Gasteiger partial charge in [0.1, 0.15) is 0 Å². The van der Waals surface area contributed by atoms with Gasteiger partial charge in [-0.25, -0.2) is 4.79 Å². The third kappa shape index (κ3) is 3.50. The summed E-state index contributed by atoms with van der Waals surface area (Å²) in [5.41, 5.74) is 3.15. The number of para-hydroxylation sites is 1. The Hall–Kier alpha value is -2.04. The zero-order chi connectivity index (χ0) is 15.3. The highest BCUT2D eigenvalue weighted by Crippen LogP contribution is 2.25. The number of carbonyl (C=O) groups excluding carboxylic acids is 1. The number of guanidine groups is 1. The van der Waals surface area contributed by atoms with E-state index in [0.717, 1.165) is 23.2 Å². The summed E-state index contributed by atoms with van der Waals surface area (Å²) in [6, 6.07) is 5.78. The van der Waals surface area contributed by atoms with Crippen molar-refractivity contribution in [3.05, 3.63) is 29.3 Å². The van der Waals surface area contributed by atoms with Crippen LogP contribution in [0, 0.1) is 12.3 Å². The first-order valence-corrected chi connectivity index (χ1v) is 6.85. The van der Waals surface area contributed by atoms with Gasteiger partial charge in [0.15, 0.2) is 5.96 Å². The Labute approximate surface area is 121 Å². The molecule has 1 rings (SSSR count). The number of rotatable bonds is 3. The maximum Gasteiger partial charge on any atom is 0.328 e. The Bertz CT molecular complexity index is 497. The van der Waals surface area contributed by atoms with Gasteiger partial charge in [0.05, 0.1) is 5.69 Å². The number of nitrogens with zero attached hydrogens (tertiary/aromatic N) is 2. The summed E-state index contributed by atoms with van der Waals surface area (Å²) in [5, 5.41) is 10.3. The first-order chi connectivity index (χ1) is 9.42. The lowest BCUT2D eigenvalue weighted by Gasteiger charge is -2.27. The highest BCUT2D eigenvalue weighted by atomic mass is 16.2. The summed E-state index contributed by atoms with van der Waals surface area (Å²) in [7, 11) is 3.45. The van der Waals surface area contributed by atoms with E-state index in [-0.39, 0.29) is 12.0 Å². The van der Waals surface area contributed by atoms with Crippen LogP contribution in [0.15, 0.2) is 18.2 Å². The molecule has 0 saturated carbocycles. The van der Waals surface area contributed by atoms with Gasteiger partial charge in [-0.1, -0.05) is 25.1 Å². The van der Waals surface area contributed by atoms with E-state index in [9.17, 15) is 4.79 Å². The summed E-state index contributed by atoms with van der Waals surface area (Å²) in [6.45, 7) is 6.57. The minimum Gasteiger partial charge on any atom is -0.349 e. The third-order valence-electron chi connectivity index (χ3n) is 3.21. The van der Waals surface area contributed by atoms with E-state index in [2.05, 4.69) is 12.2 Å². The SMILES string of the molecule is CCc1cccc(C)c1N(CC)C(=O)NC(=N)N(C)C. The lowest BCUT2D eigenvalue weighted by Crippen LogP contribution is -2.47. The van der Waals surface area contributed by atoms with Crippen molar-refractivity contribution in [1.82, 2.24) is 10.2 Å². The lowest BCUT2D eigenvalue weighted by molar-refractivity contribution is 0.249. The standard InChI is InChI=1S/C15H24N4O/c1-6-12-10-8-9-11(3)13(12)19(7-2)15(20)17-14(16)18(4)5/h8-10H,6-7H2,1-5H3,(H2,16,17,20). The van der Waals surface area contributed by atoms with Crippen LogP contribution >= 0.6 is 0 Å². The molecule has 5 nitrogen and oxygen atoms in total. The van der Waals surface area contributed by atoms with E-state index in [1.165, 1.54) is 0 Å². The topological polar surface area (TPSA) is 59.4 Å². The molecule has 0 atom stereocenters. The monoisotopic (exact) mass is 276 g/mol. The van der Waals surface area contributed by atoms with Crippen molar-refractivity contribution in [2.24, 2.45) is 0 Å². The molecule has 0 aliphatic carbocycles. The minimum absolute atomic E-state index is 0.0834. The zero-order valence-electron chi connectivity index (χ0n) is 12.9. The van der Waals surface area contributed by atoms with Gasteiger partial charge in [-0.2, -0.15) is 0 Å². The van der Waals surface area contributed by atoms with Crippen LogP contribution in [-0.4, -0.2) is 37.5 Å². The van der Waals surface area contributed by atoms with Crippen molar-refractivity contribution >= 4 is 17.7 Å². The van der Waals surface area contributed by atoms with Crippen LogP contribution in [0.4, 0.5) is 10.5 Å². The molecule has 0 unspecified atom stereocenters. The van der Waals surface area contributed by atoms with Crippen molar-refractivity contribution in [3.8, 4) is 0 Å². The number of urea groups is 1. The molecule has 5 heteroatoms. The predicted molar refractivity (Wildman–Crippen MR) is 83.5 cm³/mol. The van der Waals surface area contributed by atoms with E-state index in [1.54, 1.807) is 23.9 Å². The average Bonchev–Trinajstić information content (AvgIpc) is 2.41. The van der Waals surface area contributed by atoms with Gasteiger partial charge < -0.3 is 4.90 Å². The molecule has 0 heterocycles. The van der Waals surface area contributed by atoms with Crippen molar-refractivity contribution in [3.63, 3.8) is 0 Å². The average molecular weight is 276 g/mol. The Morgan fingerprint density at radius 2 is 1.95 bits per heavy atom. The Balaban J connectivity index is 3.08. The molecule has 0 saturated heterocycles. The molecule has 0 fully saturated rings. The van der Waals surface area contributed by atoms with Crippen LogP contribution in [0.2, 0.25) is 0 Å². The number of nitrogens with one attached hydrogen (secondary N) is 2. The maximum atomic E-state index is 12.4. The molecule has 2 N–H and O–H groups in total. The molecule has 0 aliphatic rings. The fraction of sp³-hybridized carbons (Fsp3) is 0.467. The van der Waals surface area contributed by atoms with Gasteiger partial charge in [0, 0.05) is 20.6 Å². The smallest absolute Gasteiger partial charge is 0.328 e. The number of hydrogen-bond donors (Lipinski definition) is 2. The van der Waals surface area contributed by atoms with Crippen LogP contribution in [0.25, 0.3) is 0 Å². The highest BCUT2D eigenvalue weighted by Gasteiger charge is 2.19. The van der Waals surface area contributed by atoms with Crippen LogP contribution in [-0.2, 0) is 6.42 Å². The summed E-state index contributed by atoms with van der Waals surface area (Å²) in [5.74, 6) is 0.0834.